The molecule has 0 aromatic heterocycles. The molecule has 1 N–H and O–H groups in total. The lowest BCUT2D eigenvalue weighted by Gasteiger charge is -2.27. The molecule has 12 nitrogen and oxygen atoms in total. The predicted octanol–water partition coefficient (Wildman–Crippen LogP) is 4.32. The van der Waals surface area contributed by atoms with Gasteiger partial charge in [0.2, 0.25) is 5.75 Å². The van der Waals surface area contributed by atoms with Gasteiger partial charge in [-0.2, -0.15) is 0 Å². The maximum absolute atomic E-state index is 11.5. The van der Waals surface area contributed by atoms with Crippen LogP contribution in [0.4, 0.5) is 22.7 Å². The van der Waals surface area contributed by atoms with Crippen molar-refractivity contribution in [3.63, 3.8) is 0 Å². The highest BCUT2D eigenvalue weighted by Crippen LogP contribution is 2.41. The van der Waals surface area contributed by atoms with Gasteiger partial charge in [-0.05, 0) is 25.8 Å². The molecule has 0 unspecified atom stereocenters. The Kier molecular flexibility index (Phi) is 6.06. The van der Waals surface area contributed by atoms with Crippen LogP contribution in [-0.2, 0) is 0 Å². The molecule has 3 rings (SSSR count). The van der Waals surface area contributed by atoms with E-state index in [4.69, 9.17) is 4.74 Å². The Hall–Kier alpha value is -3.80. The van der Waals surface area contributed by atoms with E-state index in [1.165, 1.54) is 31.2 Å². The third-order valence-corrected chi connectivity index (χ3v) is 4.78. The van der Waals surface area contributed by atoms with Gasteiger partial charge in [0.25, 0.3) is 5.69 Å². The normalized spacial score (nSPS) is 14.2. The van der Waals surface area contributed by atoms with Gasteiger partial charge < -0.3 is 10.2 Å². The first-order valence-corrected chi connectivity index (χ1v) is 9.18. The van der Waals surface area contributed by atoms with Gasteiger partial charge in [0, 0.05) is 25.2 Å². The fourth-order valence-corrected chi connectivity index (χ4v) is 3.23. The van der Waals surface area contributed by atoms with Crippen LogP contribution in [0.3, 0.4) is 0 Å². The second-order valence-corrected chi connectivity index (χ2v) is 6.77. The Morgan fingerprint density at radius 3 is 2.10 bits per heavy atom. The van der Waals surface area contributed by atoms with Gasteiger partial charge in [-0.25, -0.2) is 5.01 Å². The number of nitro groups is 3. The van der Waals surface area contributed by atoms with Crippen LogP contribution in [0.1, 0.15) is 24.8 Å². The van der Waals surface area contributed by atoms with E-state index in [1.807, 2.05) is 0 Å². The molecule has 1 fully saturated rings. The third kappa shape index (κ3) is 4.43. The van der Waals surface area contributed by atoms with Crippen molar-refractivity contribution in [1.82, 2.24) is 5.01 Å². The molecule has 1 aliphatic heterocycles. The van der Waals surface area contributed by atoms with E-state index in [2.05, 4.69) is 5.43 Å². The topological polar surface area (TPSA) is 154 Å². The lowest BCUT2D eigenvalue weighted by Crippen LogP contribution is -2.35. The summed E-state index contributed by atoms with van der Waals surface area (Å²) in [5.74, 6) is -0.209. The summed E-state index contributed by atoms with van der Waals surface area (Å²) in [6.07, 6.45) is 2.90. The summed E-state index contributed by atoms with van der Waals surface area (Å²) < 4.78 is 5.63. The number of hydrazine groups is 1. The molecule has 30 heavy (non-hydrogen) atoms. The predicted molar refractivity (Wildman–Crippen MR) is 107 cm³/mol. The molecule has 1 heterocycles. The smallest absolute Gasteiger partial charge is 0.318 e. The molecule has 158 valence electrons. The zero-order chi connectivity index (χ0) is 21.8. The minimum atomic E-state index is -0.792. The van der Waals surface area contributed by atoms with Crippen LogP contribution >= 0.6 is 0 Å². The molecule has 0 bridgehead atoms. The highest BCUT2D eigenvalue weighted by molar-refractivity contribution is 5.71. The number of ether oxygens (including phenoxy) is 1. The summed E-state index contributed by atoms with van der Waals surface area (Å²) in [6, 6.07) is 6.13. The SMILES string of the molecule is Cc1c(Oc2cc(NN3CCCCC3)c([N+](=O)[O-])cc2[N+](=O)[O-])cccc1[N+](=O)[O-]. The summed E-state index contributed by atoms with van der Waals surface area (Å²) in [5, 5.41) is 36.0. The van der Waals surface area contributed by atoms with Crippen molar-refractivity contribution in [2.75, 3.05) is 18.5 Å². The van der Waals surface area contributed by atoms with Crippen LogP contribution in [0.15, 0.2) is 30.3 Å². The highest BCUT2D eigenvalue weighted by atomic mass is 16.6. The number of rotatable bonds is 7. The second kappa shape index (κ2) is 8.69. The first kappa shape index (κ1) is 20.9. The molecule has 0 radical (unpaired) electrons. The number of nitro benzene ring substituents is 3. The van der Waals surface area contributed by atoms with Crippen LogP contribution in [0.5, 0.6) is 11.5 Å². The monoisotopic (exact) mass is 417 g/mol. The van der Waals surface area contributed by atoms with Crippen LogP contribution in [0.2, 0.25) is 0 Å². The highest BCUT2D eigenvalue weighted by Gasteiger charge is 2.28. The van der Waals surface area contributed by atoms with E-state index in [1.54, 1.807) is 5.01 Å². The molecule has 0 atom stereocenters. The van der Waals surface area contributed by atoms with Gasteiger partial charge in [-0.3, -0.25) is 30.3 Å². The molecule has 2 aromatic carbocycles. The third-order valence-electron chi connectivity index (χ3n) is 4.78. The van der Waals surface area contributed by atoms with E-state index >= 15 is 0 Å². The fourth-order valence-electron chi connectivity index (χ4n) is 3.23. The van der Waals surface area contributed by atoms with Crippen molar-refractivity contribution >= 4 is 22.7 Å². The zero-order valence-electron chi connectivity index (χ0n) is 16.1. The van der Waals surface area contributed by atoms with E-state index < -0.39 is 26.1 Å². The maximum atomic E-state index is 11.5. The van der Waals surface area contributed by atoms with Crippen LogP contribution in [0.25, 0.3) is 0 Å². The lowest BCUT2D eigenvalue weighted by atomic mass is 10.1. The van der Waals surface area contributed by atoms with Crippen molar-refractivity contribution in [3.05, 3.63) is 66.2 Å². The molecule has 2 aromatic rings. The molecular weight excluding hydrogens is 398 g/mol. The van der Waals surface area contributed by atoms with Crippen molar-refractivity contribution in [3.8, 4) is 11.5 Å². The average Bonchev–Trinajstić information content (AvgIpc) is 2.69. The zero-order valence-corrected chi connectivity index (χ0v) is 16.1. The largest absolute Gasteiger partial charge is 0.449 e. The molecule has 0 aliphatic carbocycles. The molecule has 0 amide bonds. The standard InChI is InChI=1S/C18H19N5O7/c1-12-14(21(24)25)6-5-7-17(12)30-18-10-13(19-20-8-3-2-4-9-20)15(22(26)27)11-16(18)23(28)29/h5-7,10-11,19H,2-4,8-9H2,1H3. The minimum absolute atomic E-state index is 0.0464. The summed E-state index contributed by atoms with van der Waals surface area (Å²) in [5.41, 5.74) is 1.89. The summed E-state index contributed by atoms with van der Waals surface area (Å²) >= 11 is 0. The van der Waals surface area contributed by atoms with Gasteiger partial charge in [-0.1, -0.05) is 12.5 Å². The van der Waals surface area contributed by atoms with E-state index in [0.717, 1.165) is 25.3 Å². The van der Waals surface area contributed by atoms with Crippen molar-refractivity contribution in [1.29, 1.82) is 0 Å². The van der Waals surface area contributed by atoms with Crippen LogP contribution in [-0.4, -0.2) is 32.9 Å². The van der Waals surface area contributed by atoms with Crippen molar-refractivity contribution < 1.29 is 19.5 Å². The van der Waals surface area contributed by atoms with Crippen molar-refractivity contribution in [2.45, 2.75) is 26.2 Å². The fraction of sp³-hybridized carbons (Fsp3) is 0.333. The first-order valence-electron chi connectivity index (χ1n) is 9.18. The van der Waals surface area contributed by atoms with Crippen LogP contribution in [0, 0.1) is 37.3 Å². The van der Waals surface area contributed by atoms with Crippen molar-refractivity contribution in [2.24, 2.45) is 0 Å². The number of anilines is 1. The molecule has 1 aliphatic rings. The number of nitrogens with zero attached hydrogens (tertiary/aromatic N) is 4. The Morgan fingerprint density at radius 2 is 1.50 bits per heavy atom. The van der Waals surface area contributed by atoms with Gasteiger partial charge in [0.1, 0.15) is 17.5 Å². The van der Waals surface area contributed by atoms with E-state index in [9.17, 15) is 30.3 Å². The molecule has 1 saturated heterocycles. The van der Waals surface area contributed by atoms with Crippen LogP contribution < -0.4 is 10.2 Å². The van der Waals surface area contributed by atoms with Gasteiger partial charge in [-0.15, -0.1) is 0 Å². The first-order chi connectivity index (χ1) is 14.3. The van der Waals surface area contributed by atoms with E-state index in [-0.39, 0.29) is 28.4 Å². The Labute approximate surface area is 170 Å². The average molecular weight is 417 g/mol. The quantitative estimate of drug-likeness (QED) is 0.512. The summed E-state index contributed by atoms with van der Waals surface area (Å²) in [6.45, 7) is 2.81. The summed E-state index contributed by atoms with van der Waals surface area (Å²) in [7, 11) is 0. The number of piperidine rings is 1. The van der Waals surface area contributed by atoms with Gasteiger partial charge in [0.05, 0.1) is 20.3 Å². The summed E-state index contributed by atoms with van der Waals surface area (Å²) in [4.78, 5) is 32.1. The number of nitrogens with one attached hydrogen (secondary N) is 1. The number of hydrogen-bond donors (Lipinski definition) is 1. The number of hydrogen-bond acceptors (Lipinski definition) is 9. The minimum Gasteiger partial charge on any atom is -0.449 e. The van der Waals surface area contributed by atoms with Gasteiger partial charge >= 0.3 is 11.4 Å². The second-order valence-electron chi connectivity index (χ2n) is 6.77. The molecular formula is C18H19N5O7. The van der Waals surface area contributed by atoms with E-state index in [0.29, 0.717) is 13.1 Å². The maximum Gasteiger partial charge on any atom is 0.318 e. The Balaban J connectivity index is 2.05. The Bertz CT molecular complexity index is 1000. The van der Waals surface area contributed by atoms with Gasteiger partial charge in [0.15, 0.2) is 0 Å². The Morgan fingerprint density at radius 1 is 0.867 bits per heavy atom. The molecule has 0 saturated carbocycles. The molecule has 12 heteroatoms. The lowest BCUT2D eigenvalue weighted by molar-refractivity contribution is -0.394. The molecule has 0 spiro atoms. The number of benzene rings is 2.